The molecule has 158 valence electrons. The minimum absolute atomic E-state index is 0.213. The number of carbonyl (C=O) groups excluding carboxylic acids is 1. The molecule has 0 atom stereocenters. The molecule has 0 aliphatic carbocycles. The highest BCUT2D eigenvalue weighted by atomic mass is 32.2. The molecule has 2 aromatic heterocycles. The summed E-state index contributed by atoms with van der Waals surface area (Å²) in [5.74, 6) is 0.637. The highest BCUT2D eigenvalue weighted by Crippen LogP contribution is 2.29. The number of benzene rings is 1. The average Bonchev–Trinajstić information content (AvgIpc) is 3.08. The Bertz CT molecular complexity index is 1050. The predicted octanol–water partition coefficient (Wildman–Crippen LogP) is 4.73. The van der Waals surface area contributed by atoms with Gasteiger partial charge in [0.25, 0.3) is 5.91 Å². The summed E-state index contributed by atoms with van der Waals surface area (Å²) >= 11 is 1.65. The molecular formula is C21H21F3N4OS. The molecule has 0 aliphatic rings. The van der Waals surface area contributed by atoms with E-state index in [1.807, 2.05) is 0 Å². The highest BCUT2D eigenvalue weighted by molar-refractivity contribution is 7.99. The number of thioether (sulfide) groups is 1. The van der Waals surface area contributed by atoms with Gasteiger partial charge in [0.1, 0.15) is 0 Å². The number of alkyl halides is 3. The largest absolute Gasteiger partial charge is 0.417 e. The van der Waals surface area contributed by atoms with Crippen molar-refractivity contribution >= 4 is 17.7 Å². The van der Waals surface area contributed by atoms with Gasteiger partial charge in [-0.05, 0) is 56.2 Å². The van der Waals surface area contributed by atoms with Gasteiger partial charge in [-0.25, -0.2) is 9.67 Å². The molecule has 0 unspecified atom stereocenters. The number of carbonyl (C=O) groups is 1. The SMILES string of the molecule is Cc1ccc(SCCNC(=O)c2cnn(-c3ccc(C(F)(F)F)cn3)c2C)cc1C. The van der Waals surface area contributed by atoms with Crippen molar-refractivity contribution in [1.29, 1.82) is 0 Å². The second-order valence-electron chi connectivity index (χ2n) is 6.81. The maximum Gasteiger partial charge on any atom is 0.417 e. The molecule has 5 nitrogen and oxygen atoms in total. The fourth-order valence-corrected chi connectivity index (χ4v) is 3.64. The van der Waals surface area contributed by atoms with Crippen LogP contribution in [-0.4, -0.2) is 33.0 Å². The zero-order valence-electron chi connectivity index (χ0n) is 16.7. The standard InChI is InChI=1S/C21H21F3N4OS/c1-13-4-6-17(10-14(13)2)30-9-8-25-20(29)18-12-27-28(15(18)3)19-7-5-16(11-26-19)21(22,23)24/h4-7,10-12H,8-9H2,1-3H3,(H,25,29). The van der Waals surface area contributed by atoms with Crippen molar-refractivity contribution in [2.75, 3.05) is 12.3 Å². The van der Waals surface area contributed by atoms with E-state index in [1.165, 1.54) is 28.1 Å². The summed E-state index contributed by atoms with van der Waals surface area (Å²) in [6.45, 7) is 6.27. The van der Waals surface area contributed by atoms with Gasteiger partial charge in [-0.1, -0.05) is 6.07 Å². The molecule has 0 fully saturated rings. The van der Waals surface area contributed by atoms with Gasteiger partial charge in [-0.15, -0.1) is 11.8 Å². The molecule has 30 heavy (non-hydrogen) atoms. The van der Waals surface area contributed by atoms with Crippen LogP contribution in [0.1, 0.15) is 32.7 Å². The molecule has 2 heterocycles. The fraction of sp³-hybridized carbons (Fsp3) is 0.286. The van der Waals surface area contributed by atoms with Crippen LogP contribution >= 0.6 is 11.8 Å². The lowest BCUT2D eigenvalue weighted by Gasteiger charge is -2.09. The summed E-state index contributed by atoms with van der Waals surface area (Å²) in [5, 5.41) is 6.95. The van der Waals surface area contributed by atoms with E-state index in [-0.39, 0.29) is 11.7 Å². The van der Waals surface area contributed by atoms with E-state index in [0.717, 1.165) is 17.2 Å². The van der Waals surface area contributed by atoms with Gasteiger partial charge >= 0.3 is 6.18 Å². The summed E-state index contributed by atoms with van der Waals surface area (Å²) < 4.78 is 39.4. The number of pyridine rings is 1. The quantitative estimate of drug-likeness (QED) is 0.450. The zero-order valence-corrected chi connectivity index (χ0v) is 17.6. The second kappa shape index (κ2) is 8.91. The first-order valence-corrected chi connectivity index (χ1v) is 10.2. The number of nitrogens with one attached hydrogen (secondary N) is 1. The summed E-state index contributed by atoms with van der Waals surface area (Å²) in [4.78, 5) is 17.4. The summed E-state index contributed by atoms with van der Waals surface area (Å²) in [7, 11) is 0. The molecule has 0 spiro atoms. The van der Waals surface area contributed by atoms with E-state index in [9.17, 15) is 18.0 Å². The Hall–Kier alpha value is -2.81. The lowest BCUT2D eigenvalue weighted by atomic mass is 10.1. The van der Waals surface area contributed by atoms with Crippen molar-refractivity contribution in [3.63, 3.8) is 0 Å². The number of aryl methyl sites for hydroxylation is 2. The van der Waals surface area contributed by atoms with Crippen LogP contribution in [0.2, 0.25) is 0 Å². The first-order chi connectivity index (χ1) is 14.2. The molecule has 0 saturated heterocycles. The summed E-state index contributed by atoms with van der Waals surface area (Å²) in [6, 6.07) is 8.41. The maximum atomic E-state index is 12.7. The van der Waals surface area contributed by atoms with Crippen molar-refractivity contribution < 1.29 is 18.0 Å². The Morgan fingerprint density at radius 3 is 2.50 bits per heavy atom. The molecule has 1 aromatic carbocycles. The summed E-state index contributed by atoms with van der Waals surface area (Å²) in [6.07, 6.45) is -2.31. The number of hydrogen-bond donors (Lipinski definition) is 1. The molecular weight excluding hydrogens is 413 g/mol. The summed E-state index contributed by atoms with van der Waals surface area (Å²) in [5.41, 5.74) is 2.48. The molecule has 0 saturated carbocycles. The van der Waals surface area contributed by atoms with E-state index in [1.54, 1.807) is 18.7 Å². The van der Waals surface area contributed by atoms with Crippen molar-refractivity contribution in [2.24, 2.45) is 0 Å². The maximum absolute atomic E-state index is 12.7. The van der Waals surface area contributed by atoms with Crippen LogP contribution in [0.3, 0.4) is 0 Å². The number of rotatable bonds is 6. The van der Waals surface area contributed by atoms with Gasteiger partial charge in [0, 0.05) is 23.4 Å². The molecule has 0 bridgehead atoms. The van der Waals surface area contributed by atoms with E-state index in [4.69, 9.17) is 0 Å². The molecule has 0 aliphatic heterocycles. The van der Waals surface area contributed by atoms with Gasteiger partial charge in [0.2, 0.25) is 0 Å². The average molecular weight is 434 g/mol. The van der Waals surface area contributed by atoms with Crippen molar-refractivity contribution in [3.05, 3.63) is 70.7 Å². The van der Waals surface area contributed by atoms with Crippen molar-refractivity contribution in [3.8, 4) is 5.82 Å². The van der Waals surface area contributed by atoms with Gasteiger partial charge in [-0.2, -0.15) is 18.3 Å². The Labute approximate surface area is 176 Å². The first-order valence-electron chi connectivity index (χ1n) is 9.23. The third kappa shape index (κ3) is 5.02. The Morgan fingerprint density at radius 2 is 1.87 bits per heavy atom. The smallest absolute Gasteiger partial charge is 0.351 e. The fourth-order valence-electron chi connectivity index (χ4n) is 2.77. The molecule has 0 radical (unpaired) electrons. The lowest BCUT2D eigenvalue weighted by Crippen LogP contribution is -2.26. The highest BCUT2D eigenvalue weighted by Gasteiger charge is 2.30. The topological polar surface area (TPSA) is 59.8 Å². The Kier molecular flexibility index (Phi) is 6.50. The van der Waals surface area contributed by atoms with Crippen molar-refractivity contribution in [2.45, 2.75) is 31.8 Å². The minimum atomic E-state index is -4.45. The van der Waals surface area contributed by atoms with E-state index in [0.29, 0.717) is 23.6 Å². The predicted molar refractivity (Wildman–Crippen MR) is 110 cm³/mol. The van der Waals surface area contributed by atoms with Gasteiger partial charge < -0.3 is 5.32 Å². The molecule has 3 rings (SSSR count). The molecule has 9 heteroatoms. The van der Waals surface area contributed by atoms with Crippen LogP contribution in [0.15, 0.2) is 47.6 Å². The van der Waals surface area contributed by atoms with E-state index in [2.05, 4.69) is 47.4 Å². The number of aromatic nitrogens is 3. The van der Waals surface area contributed by atoms with Crippen LogP contribution in [0.4, 0.5) is 13.2 Å². The Balaban J connectivity index is 1.59. The van der Waals surface area contributed by atoms with Crippen LogP contribution in [0.25, 0.3) is 5.82 Å². The third-order valence-corrected chi connectivity index (χ3v) is 5.68. The normalized spacial score (nSPS) is 11.5. The monoisotopic (exact) mass is 434 g/mol. The van der Waals surface area contributed by atoms with E-state index >= 15 is 0 Å². The van der Waals surface area contributed by atoms with Crippen LogP contribution in [0, 0.1) is 20.8 Å². The zero-order chi connectivity index (χ0) is 21.9. The van der Waals surface area contributed by atoms with Gasteiger partial charge in [-0.3, -0.25) is 4.79 Å². The molecule has 1 amide bonds. The second-order valence-corrected chi connectivity index (χ2v) is 7.98. The number of amides is 1. The molecule has 3 aromatic rings. The van der Waals surface area contributed by atoms with Crippen molar-refractivity contribution in [1.82, 2.24) is 20.1 Å². The van der Waals surface area contributed by atoms with Crippen LogP contribution in [0.5, 0.6) is 0 Å². The number of hydrogen-bond acceptors (Lipinski definition) is 4. The number of halogens is 3. The Morgan fingerprint density at radius 1 is 1.10 bits per heavy atom. The van der Waals surface area contributed by atoms with E-state index < -0.39 is 11.7 Å². The first kappa shape index (κ1) is 21.9. The number of nitrogens with zero attached hydrogens (tertiary/aromatic N) is 3. The van der Waals surface area contributed by atoms with Gasteiger partial charge in [0.15, 0.2) is 5.82 Å². The lowest BCUT2D eigenvalue weighted by molar-refractivity contribution is -0.137. The van der Waals surface area contributed by atoms with Crippen LogP contribution < -0.4 is 5.32 Å². The minimum Gasteiger partial charge on any atom is -0.351 e. The molecule has 1 N–H and O–H groups in total. The van der Waals surface area contributed by atoms with Crippen LogP contribution in [-0.2, 0) is 6.18 Å². The van der Waals surface area contributed by atoms with Gasteiger partial charge in [0.05, 0.1) is 23.0 Å². The third-order valence-electron chi connectivity index (χ3n) is 4.68.